The molecule has 0 atom stereocenters. The van der Waals surface area contributed by atoms with Crippen LogP contribution in [0.3, 0.4) is 0 Å². The smallest absolute Gasteiger partial charge is 0.260 e. The SMILES string of the molecule is Cc1cc(C(C)(F)F)n(C2CCCC2)n1. The maximum absolute atomic E-state index is 13.3. The van der Waals surface area contributed by atoms with Gasteiger partial charge in [0.2, 0.25) is 0 Å². The number of hydrogen-bond acceptors (Lipinski definition) is 1. The molecule has 0 unspecified atom stereocenters. The van der Waals surface area contributed by atoms with Crippen LogP contribution in [-0.4, -0.2) is 9.78 Å². The Morgan fingerprint density at radius 2 is 2.00 bits per heavy atom. The van der Waals surface area contributed by atoms with Crippen molar-refractivity contribution in [2.45, 2.75) is 51.5 Å². The van der Waals surface area contributed by atoms with Crippen molar-refractivity contribution in [2.24, 2.45) is 0 Å². The average Bonchev–Trinajstić information content (AvgIpc) is 2.68. The Morgan fingerprint density at radius 3 is 2.53 bits per heavy atom. The lowest BCUT2D eigenvalue weighted by molar-refractivity contribution is 0.00614. The fourth-order valence-electron chi connectivity index (χ4n) is 2.27. The third kappa shape index (κ3) is 2.03. The maximum Gasteiger partial charge on any atom is 0.286 e. The van der Waals surface area contributed by atoms with Crippen molar-refractivity contribution in [1.82, 2.24) is 9.78 Å². The highest BCUT2D eigenvalue weighted by Crippen LogP contribution is 2.35. The van der Waals surface area contributed by atoms with Crippen LogP contribution in [0.5, 0.6) is 0 Å². The van der Waals surface area contributed by atoms with Crippen molar-refractivity contribution in [3.8, 4) is 0 Å². The molecule has 0 amide bonds. The lowest BCUT2D eigenvalue weighted by Gasteiger charge is -2.17. The molecular formula is C11H16F2N2. The predicted molar refractivity (Wildman–Crippen MR) is 54.0 cm³/mol. The second kappa shape index (κ2) is 3.58. The number of hydrogen-bond donors (Lipinski definition) is 0. The number of alkyl halides is 2. The zero-order valence-electron chi connectivity index (χ0n) is 9.13. The predicted octanol–water partition coefficient (Wildman–Crippen LogP) is 3.42. The first-order valence-electron chi connectivity index (χ1n) is 5.43. The molecule has 1 heterocycles. The molecule has 1 saturated carbocycles. The highest BCUT2D eigenvalue weighted by atomic mass is 19.3. The van der Waals surface area contributed by atoms with E-state index >= 15 is 0 Å². The molecule has 1 aromatic rings. The van der Waals surface area contributed by atoms with E-state index in [1.54, 1.807) is 11.6 Å². The van der Waals surface area contributed by atoms with E-state index in [0.29, 0.717) is 5.69 Å². The van der Waals surface area contributed by atoms with E-state index in [1.165, 1.54) is 6.07 Å². The summed E-state index contributed by atoms with van der Waals surface area (Å²) in [7, 11) is 0. The Morgan fingerprint density at radius 1 is 1.40 bits per heavy atom. The van der Waals surface area contributed by atoms with Crippen LogP contribution in [0.4, 0.5) is 8.78 Å². The van der Waals surface area contributed by atoms with Gasteiger partial charge >= 0.3 is 0 Å². The van der Waals surface area contributed by atoms with Gasteiger partial charge in [0.25, 0.3) is 5.92 Å². The van der Waals surface area contributed by atoms with Crippen molar-refractivity contribution in [3.05, 3.63) is 17.5 Å². The summed E-state index contributed by atoms with van der Waals surface area (Å²) in [4.78, 5) is 0. The van der Waals surface area contributed by atoms with Gasteiger partial charge in [0.1, 0.15) is 5.69 Å². The zero-order chi connectivity index (χ0) is 11.1. The maximum atomic E-state index is 13.3. The molecular weight excluding hydrogens is 198 g/mol. The zero-order valence-corrected chi connectivity index (χ0v) is 9.13. The molecule has 2 rings (SSSR count). The normalized spacial score (nSPS) is 18.7. The Hall–Kier alpha value is -0.930. The van der Waals surface area contributed by atoms with Gasteiger partial charge in [-0.2, -0.15) is 13.9 Å². The quantitative estimate of drug-likeness (QED) is 0.737. The highest BCUT2D eigenvalue weighted by molar-refractivity contribution is 5.14. The number of nitrogens with zero attached hydrogens (tertiary/aromatic N) is 2. The van der Waals surface area contributed by atoms with E-state index in [1.807, 2.05) is 0 Å². The largest absolute Gasteiger partial charge is 0.286 e. The van der Waals surface area contributed by atoms with E-state index in [-0.39, 0.29) is 11.7 Å². The number of aryl methyl sites for hydroxylation is 1. The van der Waals surface area contributed by atoms with Gasteiger partial charge < -0.3 is 0 Å². The van der Waals surface area contributed by atoms with Crippen LogP contribution in [0.1, 0.15) is 50.0 Å². The third-order valence-corrected chi connectivity index (χ3v) is 2.98. The molecule has 1 aliphatic carbocycles. The van der Waals surface area contributed by atoms with Gasteiger partial charge in [0.05, 0.1) is 11.7 Å². The van der Waals surface area contributed by atoms with Crippen LogP contribution in [0.15, 0.2) is 6.07 Å². The van der Waals surface area contributed by atoms with E-state index in [4.69, 9.17) is 0 Å². The molecule has 0 aliphatic heterocycles. The molecule has 0 saturated heterocycles. The molecule has 15 heavy (non-hydrogen) atoms. The lowest BCUT2D eigenvalue weighted by Crippen LogP contribution is -2.18. The van der Waals surface area contributed by atoms with Crippen LogP contribution in [0.2, 0.25) is 0 Å². The van der Waals surface area contributed by atoms with E-state index in [9.17, 15) is 8.78 Å². The van der Waals surface area contributed by atoms with Gasteiger partial charge in [-0.05, 0) is 25.8 Å². The molecule has 1 fully saturated rings. The summed E-state index contributed by atoms with van der Waals surface area (Å²) in [5.74, 6) is -2.79. The molecule has 84 valence electrons. The van der Waals surface area contributed by atoms with Gasteiger partial charge in [-0.15, -0.1) is 0 Å². The van der Waals surface area contributed by atoms with Crippen molar-refractivity contribution in [3.63, 3.8) is 0 Å². The van der Waals surface area contributed by atoms with Gasteiger partial charge in [0, 0.05) is 6.92 Å². The highest BCUT2D eigenvalue weighted by Gasteiger charge is 2.32. The van der Waals surface area contributed by atoms with Crippen molar-refractivity contribution in [1.29, 1.82) is 0 Å². The molecule has 0 spiro atoms. The van der Waals surface area contributed by atoms with Crippen molar-refractivity contribution in [2.75, 3.05) is 0 Å². The summed E-state index contributed by atoms with van der Waals surface area (Å²) in [6.07, 6.45) is 4.20. The Labute approximate surface area is 88.3 Å². The third-order valence-electron chi connectivity index (χ3n) is 2.98. The van der Waals surface area contributed by atoms with E-state index < -0.39 is 5.92 Å². The number of halogens is 2. The number of aromatic nitrogens is 2. The Bertz CT molecular complexity index is 346. The minimum Gasteiger partial charge on any atom is -0.260 e. The second-order valence-corrected chi connectivity index (χ2v) is 4.44. The van der Waals surface area contributed by atoms with Crippen LogP contribution >= 0.6 is 0 Å². The first kappa shape index (κ1) is 10.6. The minimum atomic E-state index is -2.79. The standard InChI is InChI=1S/C11H16F2N2/c1-8-7-10(11(2,12)13)15(14-8)9-5-3-4-6-9/h7,9H,3-6H2,1-2H3. The molecule has 0 N–H and O–H groups in total. The van der Waals surface area contributed by atoms with Gasteiger partial charge in [0.15, 0.2) is 0 Å². The first-order chi connectivity index (χ1) is 6.98. The molecule has 1 aromatic heterocycles. The second-order valence-electron chi connectivity index (χ2n) is 4.44. The molecule has 1 aliphatic rings. The van der Waals surface area contributed by atoms with Gasteiger partial charge in [-0.3, -0.25) is 4.68 Å². The van der Waals surface area contributed by atoms with Crippen LogP contribution in [0, 0.1) is 6.92 Å². The van der Waals surface area contributed by atoms with Crippen LogP contribution in [-0.2, 0) is 5.92 Å². The monoisotopic (exact) mass is 214 g/mol. The lowest BCUT2D eigenvalue weighted by atomic mass is 10.2. The van der Waals surface area contributed by atoms with Crippen LogP contribution in [0.25, 0.3) is 0 Å². The molecule has 0 bridgehead atoms. The van der Waals surface area contributed by atoms with E-state index in [2.05, 4.69) is 5.10 Å². The first-order valence-corrected chi connectivity index (χ1v) is 5.43. The summed E-state index contributed by atoms with van der Waals surface area (Å²) in [6, 6.07) is 1.68. The fourth-order valence-corrected chi connectivity index (χ4v) is 2.27. The summed E-state index contributed by atoms with van der Waals surface area (Å²) >= 11 is 0. The van der Waals surface area contributed by atoms with Crippen LogP contribution < -0.4 is 0 Å². The minimum absolute atomic E-state index is 0.0619. The summed E-state index contributed by atoms with van der Waals surface area (Å²) in [6.45, 7) is 2.70. The molecule has 2 nitrogen and oxygen atoms in total. The average molecular weight is 214 g/mol. The van der Waals surface area contributed by atoms with Crippen molar-refractivity contribution < 1.29 is 8.78 Å². The molecule has 4 heteroatoms. The van der Waals surface area contributed by atoms with Gasteiger partial charge in [-0.25, -0.2) is 0 Å². The number of rotatable bonds is 2. The summed E-state index contributed by atoms with van der Waals surface area (Å²) in [5.41, 5.74) is 0.741. The Kier molecular flexibility index (Phi) is 2.52. The summed E-state index contributed by atoms with van der Waals surface area (Å²) < 4.78 is 28.2. The van der Waals surface area contributed by atoms with Gasteiger partial charge in [-0.1, -0.05) is 12.8 Å². The topological polar surface area (TPSA) is 17.8 Å². The Balaban J connectivity index is 2.37. The van der Waals surface area contributed by atoms with E-state index in [0.717, 1.165) is 32.6 Å². The van der Waals surface area contributed by atoms with Crippen molar-refractivity contribution >= 4 is 0 Å². The summed E-state index contributed by atoms with van der Waals surface area (Å²) in [5, 5.41) is 4.20. The molecule has 0 aromatic carbocycles. The molecule has 0 radical (unpaired) electrons. The fraction of sp³-hybridized carbons (Fsp3) is 0.727.